The van der Waals surface area contributed by atoms with Gasteiger partial charge in [-0.1, -0.05) is 0 Å². The van der Waals surface area contributed by atoms with Crippen LogP contribution in [0, 0.1) is 5.92 Å². The highest BCUT2D eigenvalue weighted by Gasteiger charge is 2.43. The molecule has 2 saturated heterocycles. The standard InChI is InChI=1S/C12H18F3N3O2/c1-18(5-10(19)16-6-12(13,14)15)11(20)8-4-7-2-3-9(8)17-7/h7-9,17H,2-6H2,1H3,(H,16,19). The second-order valence-corrected chi connectivity index (χ2v) is 5.48. The quantitative estimate of drug-likeness (QED) is 0.782. The molecule has 2 fully saturated rings. The summed E-state index contributed by atoms with van der Waals surface area (Å²) in [5.74, 6) is -1.13. The summed E-state index contributed by atoms with van der Waals surface area (Å²) in [6.07, 6.45) is -1.69. The van der Waals surface area contributed by atoms with E-state index < -0.39 is 18.6 Å². The number of likely N-dealkylation sites (N-methyl/N-ethyl adjacent to an activating group) is 1. The predicted molar refractivity (Wildman–Crippen MR) is 64.8 cm³/mol. The number of carbonyl (C=O) groups is 2. The first-order valence-electron chi connectivity index (χ1n) is 6.61. The molecule has 20 heavy (non-hydrogen) atoms. The van der Waals surface area contributed by atoms with Gasteiger partial charge in [-0.3, -0.25) is 9.59 Å². The molecule has 0 aromatic carbocycles. The molecule has 0 spiro atoms. The van der Waals surface area contributed by atoms with Crippen molar-refractivity contribution in [1.82, 2.24) is 15.5 Å². The molecule has 2 aliphatic heterocycles. The fourth-order valence-electron chi connectivity index (χ4n) is 2.93. The van der Waals surface area contributed by atoms with Crippen molar-refractivity contribution in [3.8, 4) is 0 Å². The van der Waals surface area contributed by atoms with Gasteiger partial charge in [0, 0.05) is 19.1 Å². The number of halogens is 3. The maximum atomic E-state index is 12.2. The number of alkyl halides is 3. The third kappa shape index (κ3) is 3.62. The third-order valence-corrected chi connectivity index (χ3v) is 3.86. The van der Waals surface area contributed by atoms with E-state index >= 15 is 0 Å². The lowest BCUT2D eigenvalue weighted by Gasteiger charge is -2.25. The van der Waals surface area contributed by atoms with Crippen LogP contribution in [0.25, 0.3) is 0 Å². The molecule has 2 aliphatic rings. The minimum atomic E-state index is -4.44. The topological polar surface area (TPSA) is 61.4 Å². The van der Waals surface area contributed by atoms with Gasteiger partial charge in [-0.05, 0) is 19.3 Å². The first-order valence-corrected chi connectivity index (χ1v) is 6.61. The van der Waals surface area contributed by atoms with E-state index in [1.165, 1.54) is 11.9 Å². The summed E-state index contributed by atoms with van der Waals surface area (Å²) >= 11 is 0. The van der Waals surface area contributed by atoms with Gasteiger partial charge in [0.2, 0.25) is 11.8 Å². The summed E-state index contributed by atoms with van der Waals surface area (Å²) in [4.78, 5) is 24.7. The van der Waals surface area contributed by atoms with Crippen LogP contribution >= 0.6 is 0 Å². The zero-order valence-electron chi connectivity index (χ0n) is 11.2. The van der Waals surface area contributed by atoms with Crippen LogP contribution in [0.1, 0.15) is 19.3 Å². The van der Waals surface area contributed by atoms with E-state index in [0.29, 0.717) is 6.04 Å². The van der Waals surface area contributed by atoms with Crippen LogP contribution in [0.3, 0.4) is 0 Å². The summed E-state index contributed by atoms with van der Waals surface area (Å²) < 4.78 is 35.9. The minimum absolute atomic E-state index is 0.146. The van der Waals surface area contributed by atoms with E-state index in [0.717, 1.165) is 19.3 Å². The Morgan fingerprint density at radius 3 is 2.55 bits per heavy atom. The van der Waals surface area contributed by atoms with Crippen molar-refractivity contribution in [2.45, 2.75) is 37.5 Å². The van der Waals surface area contributed by atoms with Crippen LogP contribution < -0.4 is 10.6 Å². The predicted octanol–water partition coefficient (Wildman–Crippen LogP) is 0.264. The van der Waals surface area contributed by atoms with Gasteiger partial charge in [-0.2, -0.15) is 13.2 Å². The fourth-order valence-corrected chi connectivity index (χ4v) is 2.93. The van der Waals surface area contributed by atoms with E-state index in [2.05, 4.69) is 5.32 Å². The highest BCUT2D eigenvalue weighted by molar-refractivity contribution is 5.86. The van der Waals surface area contributed by atoms with Gasteiger partial charge in [0.25, 0.3) is 0 Å². The molecule has 2 heterocycles. The molecule has 0 saturated carbocycles. The Morgan fingerprint density at radius 1 is 1.35 bits per heavy atom. The molecule has 2 amide bonds. The maximum absolute atomic E-state index is 12.2. The van der Waals surface area contributed by atoms with Gasteiger partial charge >= 0.3 is 6.18 Å². The van der Waals surface area contributed by atoms with Gasteiger partial charge in [0.15, 0.2) is 0 Å². The molecule has 114 valence electrons. The van der Waals surface area contributed by atoms with Crippen LogP contribution in [0.5, 0.6) is 0 Å². The van der Waals surface area contributed by atoms with Crippen LogP contribution in [0.2, 0.25) is 0 Å². The molecular weight excluding hydrogens is 275 g/mol. The van der Waals surface area contributed by atoms with Crippen molar-refractivity contribution in [1.29, 1.82) is 0 Å². The zero-order valence-corrected chi connectivity index (χ0v) is 11.2. The van der Waals surface area contributed by atoms with E-state index in [1.54, 1.807) is 5.32 Å². The first-order chi connectivity index (χ1) is 9.26. The maximum Gasteiger partial charge on any atom is 0.405 e. The van der Waals surface area contributed by atoms with Gasteiger partial charge in [-0.15, -0.1) is 0 Å². The van der Waals surface area contributed by atoms with E-state index in [1.807, 2.05) is 0 Å². The summed E-state index contributed by atoms with van der Waals surface area (Å²) in [5.41, 5.74) is 0. The lowest BCUT2D eigenvalue weighted by atomic mass is 9.88. The Kier molecular flexibility index (Phi) is 4.22. The number of nitrogens with zero attached hydrogens (tertiary/aromatic N) is 1. The van der Waals surface area contributed by atoms with Crippen molar-refractivity contribution >= 4 is 11.8 Å². The molecule has 3 unspecified atom stereocenters. The molecule has 2 N–H and O–H groups in total. The average molecular weight is 293 g/mol. The van der Waals surface area contributed by atoms with Crippen LogP contribution in [-0.4, -0.2) is 55.1 Å². The monoisotopic (exact) mass is 293 g/mol. The van der Waals surface area contributed by atoms with Crippen molar-refractivity contribution in [2.75, 3.05) is 20.1 Å². The number of carbonyl (C=O) groups excluding carboxylic acids is 2. The third-order valence-electron chi connectivity index (χ3n) is 3.86. The van der Waals surface area contributed by atoms with E-state index in [-0.39, 0.29) is 24.4 Å². The number of fused-ring (bicyclic) bond motifs is 2. The summed E-state index contributed by atoms with van der Waals surface area (Å²) in [5, 5.41) is 5.07. The second-order valence-electron chi connectivity index (χ2n) is 5.48. The fraction of sp³-hybridized carbons (Fsp3) is 0.833. The van der Waals surface area contributed by atoms with Crippen LogP contribution in [-0.2, 0) is 9.59 Å². The van der Waals surface area contributed by atoms with Crippen molar-refractivity contribution in [3.05, 3.63) is 0 Å². The van der Waals surface area contributed by atoms with Crippen molar-refractivity contribution in [3.63, 3.8) is 0 Å². The number of hydrogen-bond acceptors (Lipinski definition) is 3. The Bertz CT molecular complexity index is 400. The van der Waals surface area contributed by atoms with Crippen LogP contribution in [0.15, 0.2) is 0 Å². The van der Waals surface area contributed by atoms with E-state index in [4.69, 9.17) is 0 Å². The molecule has 2 rings (SSSR count). The lowest BCUT2D eigenvalue weighted by Crippen LogP contribution is -2.45. The van der Waals surface area contributed by atoms with Gasteiger partial charge in [-0.25, -0.2) is 0 Å². The molecule has 0 aromatic rings. The van der Waals surface area contributed by atoms with Gasteiger partial charge in [0.05, 0.1) is 12.5 Å². The molecular formula is C12H18F3N3O2. The molecule has 0 radical (unpaired) electrons. The molecule has 8 heteroatoms. The summed E-state index contributed by atoms with van der Waals surface area (Å²) in [6, 6.07) is 0.509. The second kappa shape index (κ2) is 5.59. The van der Waals surface area contributed by atoms with Crippen LogP contribution in [0.4, 0.5) is 13.2 Å². The minimum Gasteiger partial charge on any atom is -0.345 e. The number of amides is 2. The Labute approximate surface area is 114 Å². The smallest absolute Gasteiger partial charge is 0.345 e. The summed E-state index contributed by atoms with van der Waals surface area (Å²) in [7, 11) is 1.45. The molecule has 3 atom stereocenters. The number of hydrogen-bond donors (Lipinski definition) is 2. The molecule has 0 aromatic heterocycles. The number of rotatable bonds is 4. The lowest BCUT2D eigenvalue weighted by molar-refractivity contribution is -0.143. The van der Waals surface area contributed by atoms with E-state index in [9.17, 15) is 22.8 Å². The average Bonchev–Trinajstić information content (AvgIpc) is 2.96. The number of nitrogens with one attached hydrogen (secondary N) is 2. The molecule has 0 aliphatic carbocycles. The molecule has 5 nitrogen and oxygen atoms in total. The highest BCUT2D eigenvalue weighted by Crippen LogP contribution is 2.34. The largest absolute Gasteiger partial charge is 0.405 e. The first kappa shape index (κ1) is 15.1. The van der Waals surface area contributed by atoms with Crippen molar-refractivity contribution in [2.24, 2.45) is 5.92 Å². The van der Waals surface area contributed by atoms with Crippen molar-refractivity contribution < 1.29 is 22.8 Å². The Hall–Kier alpha value is -1.31. The summed E-state index contributed by atoms with van der Waals surface area (Å²) in [6.45, 7) is -1.72. The Balaban J connectivity index is 1.78. The Morgan fingerprint density at radius 2 is 2.05 bits per heavy atom. The normalized spacial score (nSPS) is 28.5. The van der Waals surface area contributed by atoms with Gasteiger partial charge < -0.3 is 15.5 Å². The zero-order chi connectivity index (χ0) is 14.9. The molecule has 2 bridgehead atoms. The van der Waals surface area contributed by atoms with Gasteiger partial charge in [0.1, 0.15) is 6.54 Å². The SMILES string of the molecule is CN(CC(=O)NCC(F)(F)F)C(=O)C1CC2CCC1N2. The highest BCUT2D eigenvalue weighted by atomic mass is 19.4.